The van der Waals surface area contributed by atoms with Gasteiger partial charge in [-0.2, -0.15) is 32.3 Å². The number of rotatable bonds is 10. The Bertz CT molecular complexity index is 2940. The van der Waals surface area contributed by atoms with Crippen LogP contribution in [-0.4, -0.2) is 61.9 Å². The number of aromatic nitrogens is 2. The fourth-order valence-electron chi connectivity index (χ4n) is 4.46. The topological polar surface area (TPSA) is 362 Å². The molecule has 58 heavy (non-hydrogen) atoms. The number of halogens is 3. The van der Waals surface area contributed by atoms with E-state index >= 15 is 0 Å². The molecule has 0 saturated heterocycles. The molecule has 0 aliphatic rings. The smallest absolute Gasteiger partial charge is 0.870 e. The monoisotopic (exact) mass is 938 g/mol. The van der Waals surface area contributed by atoms with Gasteiger partial charge in [0.2, 0.25) is 5.95 Å². The van der Waals surface area contributed by atoms with Gasteiger partial charge in [-0.3, -0.25) is 4.55 Å². The molecular formula is C26H13ClF2N8Na4O13S4. The van der Waals surface area contributed by atoms with Gasteiger partial charge in [0.25, 0.3) is 10.1 Å². The third-order valence-corrected chi connectivity index (χ3v) is 10.5. The first-order valence-electron chi connectivity index (χ1n) is 13.5. The molecule has 1 aromatic heterocycles. The SMILES string of the molecule is Nc1c(N=Nc2ccc(Nc3nc(F)nc(F)c3Cl)cc2)c(S(=O)(=O)[O-])cc2cc(S(=O)(=O)O)c(N=Nc3cc(S(=O)(=O)[O-])ccc3S(=O)(=O)[O-])c([O-])c12.[Na+].[Na+].[Na+].[Na+]. The molecule has 284 valence electrons. The summed E-state index contributed by atoms with van der Waals surface area (Å²) in [6.07, 6.45) is -1.43. The van der Waals surface area contributed by atoms with Crippen LogP contribution in [0, 0.1) is 12.0 Å². The summed E-state index contributed by atoms with van der Waals surface area (Å²) in [5, 5.41) is 28.0. The van der Waals surface area contributed by atoms with Gasteiger partial charge in [-0.1, -0.05) is 17.4 Å². The van der Waals surface area contributed by atoms with Crippen LogP contribution in [0.5, 0.6) is 5.75 Å². The molecular weight excluding hydrogens is 926 g/mol. The first-order chi connectivity index (χ1) is 24.9. The Morgan fingerprint density at radius 2 is 1.26 bits per heavy atom. The molecule has 0 amide bonds. The normalized spacial score (nSPS) is 12.1. The first-order valence-corrected chi connectivity index (χ1v) is 19.6. The second kappa shape index (κ2) is 20.7. The second-order valence-electron chi connectivity index (χ2n) is 10.3. The van der Waals surface area contributed by atoms with Gasteiger partial charge in [0.05, 0.1) is 31.7 Å². The molecule has 0 unspecified atom stereocenters. The van der Waals surface area contributed by atoms with Gasteiger partial charge < -0.3 is 29.8 Å². The van der Waals surface area contributed by atoms with Gasteiger partial charge in [0.15, 0.2) is 5.82 Å². The maximum Gasteiger partial charge on any atom is 1.00 e. The molecule has 0 saturated carbocycles. The van der Waals surface area contributed by atoms with Crippen molar-refractivity contribution < 1.29 is 184 Å². The van der Waals surface area contributed by atoms with Crippen LogP contribution in [0.25, 0.3) is 10.8 Å². The number of nitrogens with two attached hydrogens (primary N) is 1. The third kappa shape index (κ3) is 12.6. The van der Waals surface area contributed by atoms with Crippen molar-refractivity contribution in [3.05, 3.63) is 71.6 Å². The van der Waals surface area contributed by atoms with E-state index in [0.29, 0.717) is 24.3 Å². The number of azo groups is 2. The Labute approximate surface area is 419 Å². The molecule has 0 atom stereocenters. The van der Waals surface area contributed by atoms with Crippen LogP contribution in [0.4, 0.5) is 48.7 Å². The van der Waals surface area contributed by atoms with E-state index in [1.807, 2.05) is 0 Å². The zero-order valence-corrected chi connectivity index (χ0v) is 41.6. The van der Waals surface area contributed by atoms with Crippen LogP contribution in [0.15, 0.2) is 94.6 Å². The van der Waals surface area contributed by atoms with Crippen molar-refractivity contribution in [1.82, 2.24) is 9.97 Å². The van der Waals surface area contributed by atoms with Crippen LogP contribution in [0.2, 0.25) is 5.02 Å². The third-order valence-electron chi connectivity index (χ3n) is 6.77. The van der Waals surface area contributed by atoms with Crippen molar-refractivity contribution >= 4 is 103 Å². The zero-order valence-electron chi connectivity index (χ0n) is 29.6. The largest absolute Gasteiger partial charge is 1.00 e. The van der Waals surface area contributed by atoms with Crippen molar-refractivity contribution in [2.24, 2.45) is 20.5 Å². The molecule has 0 spiro atoms. The van der Waals surface area contributed by atoms with Crippen LogP contribution in [0.1, 0.15) is 0 Å². The Morgan fingerprint density at radius 3 is 1.79 bits per heavy atom. The molecule has 0 fully saturated rings. The van der Waals surface area contributed by atoms with Crippen molar-refractivity contribution in [2.75, 3.05) is 11.1 Å². The Morgan fingerprint density at radius 1 is 0.707 bits per heavy atom. The van der Waals surface area contributed by atoms with Crippen molar-refractivity contribution in [3.63, 3.8) is 0 Å². The fraction of sp³-hybridized carbons (Fsp3) is 0. The molecule has 4 aromatic carbocycles. The van der Waals surface area contributed by atoms with Crippen molar-refractivity contribution in [1.29, 1.82) is 0 Å². The molecule has 1 heterocycles. The number of benzene rings is 4. The Balaban J connectivity index is 0.00000420. The molecule has 0 aliphatic carbocycles. The Kier molecular flexibility index (Phi) is 19.5. The van der Waals surface area contributed by atoms with Gasteiger partial charge in [0, 0.05) is 11.1 Å². The van der Waals surface area contributed by atoms with E-state index in [-0.39, 0.29) is 136 Å². The summed E-state index contributed by atoms with van der Waals surface area (Å²) < 4.78 is 168. The number of hydrogen-bond acceptors (Lipinski definition) is 20. The van der Waals surface area contributed by atoms with Crippen LogP contribution in [-0.2, 0) is 40.5 Å². The quantitative estimate of drug-likeness (QED) is 0.0292. The number of nitrogens with one attached hydrogen (secondary N) is 1. The fourth-order valence-corrected chi connectivity index (χ4v) is 6.99. The van der Waals surface area contributed by atoms with E-state index in [0.717, 1.165) is 0 Å². The molecule has 0 aliphatic heterocycles. The number of fused-ring (bicyclic) bond motifs is 1. The predicted octanol–water partition coefficient (Wildman–Crippen LogP) is -8.23. The molecule has 21 nitrogen and oxygen atoms in total. The maximum atomic E-state index is 13.7. The molecule has 0 bridgehead atoms. The summed E-state index contributed by atoms with van der Waals surface area (Å²) in [5.74, 6) is -3.39. The summed E-state index contributed by atoms with van der Waals surface area (Å²) in [5.41, 5.74) is 1.66. The molecule has 4 N–H and O–H groups in total. The van der Waals surface area contributed by atoms with Crippen LogP contribution >= 0.6 is 11.6 Å². The summed E-state index contributed by atoms with van der Waals surface area (Å²) >= 11 is 5.72. The van der Waals surface area contributed by atoms with Crippen LogP contribution < -0.4 is 134 Å². The Hall–Kier alpha value is -1.39. The van der Waals surface area contributed by atoms with E-state index in [9.17, 15) is 65.8 Å². The van der Waals surface area contributed by atoms with E-state index < -0.39 is 122 Å². The van der Waals surface area contributed by atoms with Gasteiger partial charge >= 0.3 is 124 Å². The molecule has 32 heteroatoms. The standard InChI is InChI=1S/C26H17ClF2N8O13S4.4Na/c27-19-24(28)32-26(29)33-25(19)31-11-1-3-12(4-2-11)34-36-21-16(53(45,46)47)7-10-8-17(54(48,49)50)22(23(38)18(10)20(21)30)37-35-14-9-13(51(39,40)41)5-6-15(14)52(42,43)44;;;;/h1-9,38H,30H2,(H,31,32,33)(H,39,40,41)(H,42,43,44)(H,45,46,47)(H,48,49,50);;;;/q;4*+1/p-4. The van der Waals surface area contributed by atoms with Crippen LogP contribution in [0.3, 0.4) is 0 Å². The minimum Gasteiger partial charge on any atom is -0.870 e. The zero-order chi connectivity index (χ0) is 40.1. The van der Waals surface area contributed by atoms with Gasteiger partial charge in [0.1, 0.15) is 51.6 Å². The van der Waals surface area contributed by atoms with E-state index in [1.54, 1.807) is 0 Å². The number of anilines is 3. The van der Waals surface area contributed by atoms with Gasteiger partial charge in [-0.15, -0.1) is 15.3 Å². The first kappa shape index (κ1) is 54.6. The van der Waals surface area contributed by atoms with E-state index in [2.05, 4.69) is 35.7 Å². The predicted molar refractivity (Wildman–Crippen MR) is 173 cm³/mol. The van der Waals surface area contributed by atoms with Gasteiger partial charge in [-0.25, -0.2) is 25.3 Å². The minimum atomic E-state index is -5.55. The van der Waals surface area contributed by atoms with Crippen molar-refractivity contribution in [3.8, 4) is 5.75 Å². The minimum absolute atomic E-state index is 0. The number of hydrogen-bond donors (Lipinski definition) is 3. The van der Waals surface area contributed by atoms with E-state index in [1.165, 1.54) is 24.3 Å². The average Bonchev–Trinajstić information content (AvgIpc) is 3.04. The average molecular weight is 939 g/mol. The summed E-state index contributed by atoms with van der Waals surface area (Å²) in [4.78, 5) is 1.06. The summed E-state index contributed by atoms with van der Waals surface area (Å²) in [7, 11) is -21.9. The maximum absolute atomic E-state index is 13.7. The molecule has 5 rings (SSSR count). The van der Waals surface area contributed by atoms with Gasteiger partial charge in [-0.05, 0) is 60.0 Å². The number of nitrogens with zero attached hydrogens (tertiary/aromatic N) is 6. The molecule has 5 aromatic rings. The second-order valence-corrected chi connectivity index (χ2v) is 16.1. The van der Waals surface area contributed by atoms with E-state index in [4.69, 9.17) is 17.3 Å². The number of nitrogen functional groups attached to an aromatic ring is 1. The molecule has 0 radical (unpaired) electrons. The van der Waals surface area contributed by atoms with Crippen molar-refractivity contribution in [2.45, 2.75) is 19.6 Å². The summed E-state index contributed by atoms with van der Waals surface area (Å²) in [6, 6.07) is 6.87. The summed E-state index contributed by atoms with van der Waals surface area (Å²) in [6.45, 7) is 0.